The van der Waals surface area contributed by atoms with E-state index in [9.17, 15) is 9.59 Å². The van der Waals surface area contributed by atoms with E-state index in [1.54, 1.807) is 11.8 Å². The van der Waals surface area contributed by atoms with Gasteiger partial charge in [-0.25, -0.2) is 0 Å². The Morgan fingerprint density at radius 1 is 1.27 bits per heavy atom. The molecule has 1 aliphatic rings. The van der Waals surface area contributed by atoms with E-state index in [0.29, 0.717) is 6.54 Å². The van der Waals surface area contributed by atoms with Crippen molar-refractivity contribution in [1.82, 2.24) is 9.80 Å². The number of likely N-dealkylation sites (tertiary alicyclic amines) is 1. The fourth-order valence-corrected chi connectivity index (χ4v) is 3.13. The Morgan fingerprint density at radius 2 is 2.00 bits per heavy atom. The average molecular weight is 302 g/mol. The summed E-state index contributed by atoms with van der Waals surface area (Å²) in [4.78, 5) is 27.7. The van der Waals surface area contributed by atoms with Crippen molar-refractivity contribution in [1.29, 1.82) is 0 Å². The van der Waals surface area contributed by atoms with Crippen LogP contribution in [0.3, 0.4) is 0 Å². The van der Waals surface area contributed by atoms with Crippen molar-refractivity contribution in [3.63, 3.8) is 0 Å². The fourth-order valence-electron chi connectivity index (χ4n) is 3.13. The predicted octanol–water partition coefficient (Wildman–Crippen LogP) is 2.13. The molecule has 1 atom stereocenters. The third kappa shape index (κ3) is 4.67. The lowest BCUT2D eigenvalue weighted by Gasteiger charge is -2.24. The molecule has 0 unspecified atom stereocenters. The third-order valence-electron chi connectivity index (χ3n) is 4.30. The molecule has 4 heteroatoms. The standard InChI is InChI=1S/C18H26N2O2/c1-15(21)20-13-7-11-17(20)18(22)14-19(2)12-6-10-16-8-4-3-5-9-16/h3-5,8-9,17H,6-7,10-14H2,1-2H3/t17-/m0/s1. The summed E-state index contributed by atoms with van der Waals surface area (Å²) in [5.74, 6) is 0.192. The zero-order valence-electron chi connectivity index (χ0n) is 13.6. The number of aryl methyl sites for hydroxylation is 1. The van der Waals surface area contributed by atoms with Gasteiger partial charge in [0.15, 0.2) is 5.78 Å². The number of benzene rings is 1. The van der Waals surface area contributed by atoms with Crippen LogP contribution in [0.5, 0.6) is 0 Å². The highest BCUT2D eigenvalue weighted by molar-refractivity contribution is 5.90. The van der Waals surface area contributed by atoms with Crippen LogP contribution in [0.15, 0.2) is 30.3 Å². The van der Waals surface area contributed by atoms with Crippen molar-refractivity contribution in [3.8, 4) is 0 Å². The molecule has 0 aliphatic carbocycles. The molecule has 2 rings (SSSR count). The van der Waals surface area contributed by atoms with Crippen molar-refractivity contribution < 1.29 is 9.59 Å². The number of hydrogen-bond donors (Lipinski definition) is 0. The van der Waals surface area contributed by atoms with Gasteiger partial charge in [-0.3, -0.25) is 14.5 Å². The van der Waals surface area contributed by atoms with Gasteiger partial charge >= 0.3 is 0 Å². The topological polar surface area (TPSA) is 40.6 Å². The second-order valence-electron chi connectivity index (χ2n) is 6.16. The first kappa shape index (κ1) is 16.7. The summed E-state index contributed by atoms with van der Waals surface area (Å²) < 4.78 is 0. The van der Waals surface area contributed by atoms with Crippen molar-refractivity contribution >= 4 is 11.7 Å². The number of nitrogens with zero attached hydrogens (tertiary/aromatic N) is 2. The largest absolute Gasteiger partial charge is 0.333 e. The zero-order chi connectivity index (χ0) is 15.9. The normalized spacial score (nSPS) is 18.0. The Hall–Kier alpha value is -1.68. The number of rotatable bonds is 7. The summed E-state index contributed by atoms with van der Waals surface area (Å²) in [5.41, 5.74) is 1.33. The fraction of sp³-hybridized carbons (Fsp3) is 0.556. The first-order valence-corrected chi connectivity index (χ1v) is 8.10. The summed E-state index contributed by atoms with van der Waals surface area (Å²) in [7, 11) is 1.98. The van der Waals surface area contributed by atoms with Gasteiger partial charge in [0, 0.05) is 13.5 Å². The van der Waals surface area contributed by atoms with Crippen LogP contribution in [0.2, 0.25) is 0 Å². The number of carbonyl (C=O) groups excluding carboxylic acids is 2. The minimum absolute atomic E-state index is 0.0163. The number of Topliss-reactive ketones (excluding diaryl/α,β-unsaturated/α-hetero) is 1. The summed E-state index contributed by atoms with van der Waals surface area (Å²) in [6, 6.07) is 10.2. The predicted molar refractivity (Wildman–Crippen MR) is 87.7 cm³/mol. The second kappa shape index (κ2) is 8.08. The van der Waals surface area contributed by atoms with E-state index in [-0.39, 0.29) is 17.7 Å². The number of hydrogen-bond acceptors (Lipinski definition) is 3. The van der Waals surface area contributed by atoms with Crippen molar-refractivity contribution in [2.24, 2.45) is 0 Å². The van der Waals surface area contributed by atoms with Gasteiger partial charge in [-0.1, -0.05) is 30.3 Å². The van der Waals surface area contributed by atoms with E-state index in [1.807, 2.05) is 13.1 Å². The number of amides is 1. The number of ketones is 1. The first-order valence-electron chi connectivity index (χ1n) is 8.10. The number of likely N-dealkylation sites (N-methyl/N-ethyl adjacent to an activating group) is 1. The lowest BCUT2D eigenvalue weighted by Crippen LogP contribution is -2.43. The maximum absolute atomic E-state index is 12.4. The van der Waals surface area contributed by atoms with Crippen LogP contribution in [-0.2, 0) is 16.0 Å². The van der Waals surface area contributed by atoms with E-state index in [2.05, 4.69) is 29.2 Å². The molecular formula is C18H26N2O2. The van der Waals surface area contributed by atoms with Crippen LogP contribution in [0.1, 0.15) is 31.7 Å². The van der Waals surface area contributed by atoms with Gasteiger partial charge in [0.1, 0.15) is 0 Å². The van der Waals surface area contributed by atoms with Gasteiger partial charge in [0.05, 0.1) is 12.6 Å². The molecule has 0 N–H and O–H groups in total. The minimum atomic E-state index is -0.200. The van der Waals surface area contributed by atoms with Crippen LogP contribution in [-0.4, -0.2) is 54.2 Å². The molecule has 0 radical (unpaired) electrons. The van der Waals surface area contributed by atoms with Gasteiger partial charge in [-0.2, -0.15) is 0 Å². The van der Waals surface area contributed by atoms with Crippen LogP contribution in [0.4, 0.5) is 0 Å². The molecule has 1 fully saturated rings. The summed E-state index contributed by atoms with van der Waals surface area (Å²) >= 11 is 0. The lowest BCUT2D eigenvalue weighted by atomic mass is 10.1. The molecule has 0 aromatic heterocycles. The van der Waals surface area contributed by atoms with E-state index >= 15 is 0 Å². The van der Waals surface area contributed by atoms with Crippen LogP contribution >= 0.6 is 0 Å². The molecule has 1 saturated heterocycles. The molecule has 1 aromatic carbocycles. The highest BCUT2D eigenvalue weighted by Crippen LogP contribution is 2.18. The van der Waals surface area contributed by atoms with E-state index in [0.717, 1.165) is 38.8 Å². The van der Waals surface area contributed by atoms with E-state index in [1.165, 1.54) is 5.56 Å². The average Bonchev–Trinajstić information content (AvgIpc) is 2.98. The highest BCUT2D eigenvalue weighted by Gasteiger charge is 2.32. The van der Waals surface area contributed by atoms with Crippen LogP contribution < -0.4 is 0 Å². The molecule has 0 saturated carbocycles. The quantitative estimate of drug-likeness (QED) is 0.775. The smallest absolute Gasteiger partial charge is 0.220 e. The molecule has 22 heavy (non-hydrogen) atoms. The van der Waals surface area contributed by atoms with Gasteiger partial charge in [-0.15, -0.1) is 0 Å². The van der Waals surface area contributed by atoms with Crippen molar-refractivity contribution in [2.45, 2.75) is 38.6 Å². The SMILES string of the molecule is CC(=O)N1CCC[C@H]1C(=O)CN(C)CCCc1ccccc1. The Morgan fingerprint density at radius 3 is 2.68 bits per heavy atom. The molecule has 1 amide bonds. The zero-order valence-corrected chi connectivity index (χ0v) is 13.6. The third-order valence-corrected chi connectivity index (χ3v) is 4.30. The molecule has 1 aliphatic heterocycles. The Kier molecular flexibility index (Phi) is 6.13. The van der Waals surface area contributed by atoms with Gasteiger partial charge in [0.2, 0.25) is 5.91 Å². The Bertz CT molecular complexity index is 501. The summed E-state index contributed by atoms with van der Waals surface area (Å²) in [6.07, 6.45) is 3.82. The first-order chi connectivity index (χ1) is 10.6. The molecule has 4 nitrogen and oxygen atoms in total. The van der Waals surface area contributed by atoms with E-state index < -0.39 is 0 Å². The van der Waals surface area contributed by atoms with Crippen molar-refractivity contribution in [3.05, 3.63) is 35.9 Å². The summed E-state index contributed by atoms with van der Waals surface area (Å²) in [6.45, 7) is 3.61. The van der Waals surface area contributed by atoms with Gasteiger partial charge in [0.25, 0.3) is 0 Å². The monoisotopic (exact) mass is 302 g/mol. The Balaban J connectivity index is 1.73. The summed E-state index contributed by atoms with van der Waals surface area (Å²) in [5, 5.41) is 0. The molecule has 1 aromatic rings. The highest BCUT2D eigenvalue weighted by atomic mass is 16.2. The molecule has 1 heterocycles. The molecule has 120 valence electrons. The van der Waals surface area contributed by atoms with Crippen LogP contribution in [0.25, 0.3) is 0 Å². The molecule has 0 bridgehead atoms. The van der Waals surface area contributed by atoms with Crippen LogP contribution in [0, 0.1) is 0 Å². The lowest BCUT2D eigenvalue weighted by molar-refractivity contribution is -0.136. The van der Waals surface area contributed by atoms with E-state index in [4.69, 9.17) is 0 Å². The Labute approximate surface area is 133 Å². The molecule has 0 spiro atoms. The molecular weight excluding hydrogens is 276 g/mol. The number of carbonyl (C=O) groups is 2. The maximum atomic E-state index is 12.4. The van der Waals surface area contributed by atoms with Gasteiger partial charge < -0.3 is 4.90 Å². The second-order valence-corrected chi connectivity index (χ2v) is 6.16. The van der Waals surface area contributed by atoms with Gasteiger partial charge in [-0.05, 0) is 44.8 Å². The van der Waals surface area contributed by atoms with Crippen molar-refractivity contribution in [2.75, 3.05) is 26.7 Å². The maximum Gasteiger partial charge on any atom is 0.220 e. The minimum Gasteiger partial charge on any atom is -0.333 e.